The van der Waals surface area contributed by atoms with Crippen LogP contribution < -0.4 is 0 Å². The zero-order chi connectivity index (χ0) is 26.8. The number of allylic oxidation sites excluding steroid dienone is 1. The molecule has 1 aliphatic heterocycles. The van der Waals surface area contributed by atoms with Crippen molar-refractivity contribution in [1.82, 2.24) is 5.01 Å². The van der Waals surface area contributed by atoms with Crippen molar-refractivity contribution in [1.29, 1.82) is 0 Å². The van der Waals surface area contributed by atoms with Crippen LogP contribution in [0.2, 0.25) is 5.02 Å². The molecule has 6 nitrogen and oxygen atoms in total. The average Bonchev–Trinajstić information content (AvgIpc) is 3.31. The number of amides is 1. The molecule has 0 aromatic heterocycles. The molecule has 1 N–H and O–H groups in total. The summed E-state index contributed by atoms with van der Waals surface area (Å²) in [5.41, 5.74) is 3.00. The molecule has 0 radical (unpaired) electrons. The number of fused-ring (bicyclic) bond motifs is 1. The van der Waals surface area contributed by atoms with Gasteiger partial charge in [-0.15, -0.1) is 0 Å². The highest BCUT2D eigenvalue weighted by Crippen LogP contribution is 2.44. The highest BCUT2D eigenvalue weighted by molar-refractivity contribution is 6.31. The Hall–Kier alpha value is -4.04. The number of aromatic hydroxyl groups is 1. The summed E-state index contributed by atoms with van der Waals surface area (Å²) in [7, 11) is 0. The van der Waals surface area contributed by atoms with Crippen LogP contribution in [0.25, 0.3) is 6.08 Å². The van der Waals surface area contributed by atoms with E-state index in [-0.39, 0.29) is 28.1 Å². The second kappa shape index (κ2) is 10.8. The average molecular weight is 537 g/mol. The summed E-state index contributed by atoms with van der Waals surface area (Å²) in [4.78, 5) is 25.9. The van der Waals surface area contributed by atoms with Crippen LogP contribution in [0.1, 0.15) is 46.8 Å². The van der Waals surface area contributed by atoms with Gasteiger partial charge in [-0.2, -0.15) is 5.10 Å². The summed E-state index contributed by atoms with van der Waals surface area (Å²) < 4.78 is 32.3. The van der Waals surface area contributed by atoms with Gasteiger partial charge in [0.1, 0.15) is 22.9 Å². The van der Waals surface area contributed by atoms with Gasteiger partial charge in [0.05, 0.1) is 11.8 Å². The standard InChI is InChI=1S/C29H23ClF2N2O4/c30-20-8-13-25(35)24(15-20)29(37)38-16-26(36)34-28(18-6-11-22(32)12-7-18)23-3-1-2-19(27(23)33-34)14-17-4-9-21(31)10-5-17/h4-15,23,28,35H,1-3,16H2/b19-14-/t23-,28-/m1/s1. The monoisotopic (exact) mass is 536 g/mol. The fourth-order valence-corrected chi connectivity index (χ4v) is 5.08. The number of nitrogens with zero attached hydrogens (tertiary/aromatic N) is 2. The molecule has 2 atom stereocenters. The quantitative estimate of drug-likeness (QED) is 0.388. The van der Waals surface area contributed by atoms with E-state index in [1.807, 2.05) is 6.08 Å². The van der Waals surface area contributed by atoms with Crippen LogP contribution in [0.5, 0.6) is 5.75 Å². The van der Waals surface area contributed by atoms with Gasteiger partial charge in [0.25, 0.3) is 5.91 Å². The molecule has 5 rings (SSSR count). The van der Waals surface area contributed by atoms with Crippen molar-refractivity contribution in [3.8, 4) is 5.75 Å². The molecule has 0 saturated heterocycles. The lowest BCUT2D eigenvalue weighted by atomic mass is 9.77. The van der Waals surface area contributed by atoms with Crippen molar-refractivity contribution >= 4 is 35.3 Å². The summed E-state index contributed by atoms with van der Waals surface area (Å²) >= 11 is 5.91. The number of esters is 1. The van der Waals surface area contributed by atoms with Crippen molar-refractivity contribution < 1.29 is 28.2 Å². The van der Waals surface area contributed by atoms with E-state index in [0.29, 0.717) is 5.56 Å². The number of ether oxygens (including phenoxy) is 1. The first-order chi connectivity index (χ1) is 18.3. The van der Waals surface area contributed by atoms with Crippen LogP contribution >= 0.6 is 11.6 Å². The maximum atomic E-state index is 13.7. The van der Waals surface area contributed by atoms with Gasteiger partial charge in [-0.05, 0) is 84.5 Å². The van der Waals surface area contributed by atoms with E-state index in [1.54, 1.807) is 24.3 Å². The maximum Gasteiger partial charge on any atom is 0.342 e. The van der Waals surface area contributed by atoms with Gasteiger partial charge in [-0.3, -0.25) is 4.79 Å². The predicted octanol–water partition coefficient (Wildman–Crippen LogP) is 6.30. The molecule has 0 unspecified atom stereocenters. The van der Waals surface area contributed by atoms with Crippen molar-refractivity contribution in [3.63, 3.8) is 0 Å². The number of carbonyl (C=O) groups is 2. The molecule has 194 valence electrons. The Morgan fingerprint density at radius 2 is 1.74 bits per heavy atom. The van der Waals surface area contributed by atoms with Crippen molar-refractivity contribution in [2.24, 2.45) is 11.0 Å². The number of phenolic OH excluding ortho intramolecular Hbond substituents is 1. The van der Waals surface area contributed by atoms with Gasteiger partial charge in [0.2, 0.25) is 0 Å². The van der Waals surface area contributed by atoms with E-state index < -0.39 is 30.3 Å². The molecule has 0 spiro atoms. The Morgan fingerprint density at radius 1 is 1.05 bits per heavy atom. The van der Waals surface area contributed by atoms with E-state index in [4.69, 9.17) is 16.3 Å². The highest BCUT2D eigenvalue weighted by atomic mass is 35.5. The van der Waals surface area contributed by atoms with Crippen molar-refractivity contribution in [3.05, 3.63) is 106 Å². The maximum absolute atomic E-state index is 13.7. The zero-order valence-electron chi connectivity index (χ0n) is 20.1. The first-order valence-corrected chi connectivity index (χ1v) is 12.5. The predicted molar refractivity (Wildman–Crippen MR) is 139 cm³/mol. The molecule has 0 bridgehead atoms. The van der Waals surface area contributed by atoms with Gasteiger partial charge in [-0.1, -0.05) is 35.9 Å². The number of benzene rings is 3. The number of hydrazone groups is 1. The second-order valence-corrected chi connectivity index (χ2v) is 9.61. The van der Waals surface area contributed by atoms with Crippen LogP contribution in [-0.2, 0) is 9.53 Å². The van der Waals surface area contributed by atoms with Gasteiger partial charge in [0.15, 0.2) is 6.61 Å². The molecule has 1 saturated carbocycles. The Labute approximate surface area is 222 Å². The first-order valence-electron chi connectivity index (χ1n) is 12.1. The molecule has 3 aromatic carbocycles. The molecule has 38 heavy (non-hydrogen) atoms. The molecular weight excluding hydrogens is 514 g/mol. The Morgan fingerprint density at radius 3 is 2.45 bits per heavy atom. The van der Waals surface area contributed by atoms with Crippen LogP contribution in [0.15, 0.2) is 77.4 Å². The fourth-order valence-electron chi connectivity index (χ4n) is 4.90. The normalized spacial score (nSPS) is 19.7. The molecule has 3 aromatic rings. The molecule has 9 heteroatoms. The summed E-state index contributed by atoms with van der Waals surface area (Å²) in [6.45, 7) is -0.622. The topological polar surface area (TPSA) is 79.2 Å². The smallest absolute Gasteiger partial charge is 0.342 e. The molecular formula is C29H23ClF2N2O4. The lowest BCUT2D eigenvalue weighted by Crippen LogP contribution is -2.34. The van der Waals surface area contributed by atoms with Gasteiger partial charge < -0.3 is 9.84 Å². The number of rotatable bonds is 5. The third-order valence-electron chi connectivity index (χ3n) is 6.68. The molecule has 1 heterocycles. The first kappa shape index (κ1) is 25.6. The Kier molecular flexibility index (Phi) is 7.24. The number of carbonyl (C=O) groups excluding carboxylic acids is 2. The number of halogens is 3. The number of phenols is 1. The Balaban J connectivity index is 1.44. The number of hydrogen-bond acceptors (Lipinski definition) is 5. The molecule has 2 aliphatic rings. The highest BCUT2D eigenvalue weighted by Gasteiger charge is 2.44. The van der Waals surface area contributed by atoms with E-state index in [9.17, 15) is 23.5 Å². The summed E-state index contributed by atoms with van der Waals surface area (Å²) in [5, 5.41) is 16.2. The van der Waals surface area contributed by atoms with Gasteiger partial charge >= 0.3 is 5.97 Å². The Bertz CT molecular complexity index is 1440. The van der Waals surface area contributed by atoms with E-state index in [2.05, 4.69) is 5.10 Å². The third kappa shape index (κ3) is 5.31. The minimum Gasteiger partial charge on any atom is -0.507 e. The number of hydrogen-bond donors (Lipinski definition) is 1. The third-order valence-corrected chi connectivity index (χ3v) is 6.92. The van der Waals surface area contributed by atoms with Crippen molar-refractivity contribution in [2.75, 3.05) is 6.61 Å². The second-order valence-electron chi connectivity index (χ2n) is 9.18. The molecule has 1 amide bonds. The van der Waals surface area contributed by atoms with Crippen LogP contribution in [0, 0.1) is 17.6 Å². The van der Waals surface area contributed by atoms with Gasteiger partial charge in [-0.25, -0.2) is 18.6 Å². The minimum atomic E-state index is -0.905. The zero-order valence-corrected chi connectivity index (χ0v) is 20.9. The fraction of sp³-hybridized carbons (Fsp3) is 0.207. The van der Waals surface area contributed by atoms with Crippen LogP contribution in [0.3, 0.4) is 0 Å². The lowest BCUT2D eigenvalue weighted by molar-refractivity contribution is -0.137. The molecule has 1 aliphatic carbocycles. The van der Waals surface area contributed by atoms with Gasteiger partial charge in [0, 0.05) is 10.9 Å². The molecule has 1 fully saturated rings. The lowest BCUT2D eigenvalue weighted by Gasteiger charge is -2.29. The summed E-state index contributed by atoms with van der Waals surface area (Å²) in [6.07, 6.45) is 4.26. The largest absolute Gasteiger partial charge is 0.507 e. The van der Waals surface area contributed by atoms with Crippen LogP contribution in [0.4, 0.5) is 8.78 Å². The van der Waals surface area contributed by atoms with E-state index in [0.717, 1.165) is 36.1 Å². The van der Waals surface area contributed by atoms with E-state index in [1.165, 1.54) is 47.5 Å². The minimum absolute atomic E-state index is 0.155. The summed E-state index contributed by atoms with van der Waals surface area (Å²) in [5.74, 6) is -2.69. The van der Waals surface area contributed by atoms with Crippen molar-refractivity contribution in [2.45, 2.75) is 25.3 Å². The summed E-state index contributed by atoms with van der Waals surface area (Å²) in [6, 6.07) is 15.4. The van der Waals surface area contributed by atoms with E-state index >= 15 is 0 Å². The van der Waals surface area contributed by atoms with Crippen LogP contribution in [-0.4, -0.2) is 34.3 Å². The SMILES string of the molecule is O=C(OCC(=O)N1N=C2/C(=C\c3ccc(F)cc3)CCC[C@H]2[C@H]1c1ccc(F)cc1)c1cc(Cl)ccc1O.